The zero-order valence-corrected chi connectivity index (χ0v) is 9.49. The van der Waals surface area contributed by atoms with Crippen molar-refractivity contribution in [1.29, 1.82) is 0 Å². The maximum absolute atomic E-state index is 12.0. The van der Waals surface area contributed by atoms with Gasteiger partial charge in [-0.2, -0.15) is 0 Å². The van der Waals surface area contributed by atoms with E-state index in [2.05, 4.69) is 13.8 Å². The highest BCUT2D eigenvalue weighted by Gasteiger charge is 2.32. The molecule has 1 rings (SSSR count). The lowest BCUT2D eigenvalue weighted by Crippen LogP contribution is -2.40. The molecule has 1 fully saturated rings. The van der Waals surface area contributed by atoms with Crippen LogP contribution in [0.4, 0.5) is 0 Å². The van der Waals surface area contributed by atoms with E-state index < -0.39 is 0 Å². The second-order valence-electron chi connectivity index (χ2n) is 4.52. The van der Waals surface area contributed by atoms with E-state index in [-0.39, 0.29) is 11.8 Å². The van der Waals surface area contributed by atoms with Gasteiger partial charge in [0.25, 0.3) is 0 Å². The van der Waals surface area contributed by atoms with E-state index in [0.29, 0.717) is 18.5 Å². The lowest BCUT2D eigenvalue weighted by Gasteiger charge is -2.25. The van der Waals surface area contributed by atoms with Crippen LogP contribution in [0.3, 0.4) is 0 Å². The fourth-order valence-corrected chi connectivity index (χ4v) is 2.28. The third kappa shape index (κ3) is 2.27. The van der Waals surface area contributed by atoms with Gasteiger partial charge in [-0.1, -0.05) is 13.8 Å². The lowest BCUT2D eigenvalue weighted by molar-refractivity contribution is -0.135. The number of amides is 1. The van der Waals surface area contributed by atoms with Gasteiger partial charge < -0.3 is 10.6 Å². The Bertz CT molecular complexity index is 201. The minimum atomic E-state index is 0.0303. The summed E-state index contributed by atoms with van der Waals surface area (Å²) in [4.78, 5) is 14.0. The molecule has 0 aromatic rings. The van der Waals surface area contributed by atoms with Gasteiger partial charge in [0.2, 0.25) is 5.91 Å². The molecule has 0 radical (unpaired) electrons. The molecule has 0 aromatic carbocycles. The monoisotopic (exact) mass is 198 g/mol. The van der Waals surface area contributed by atoms with Gasteiger partial charge in [-0.3, -0.25) is 4.79 Å². The Balaban J connectivity index is 2.60. The number of rotatable bonds is 3. The van der Waals surface area contributed by atoms with Crippen molar-refractivity contribution < 1.29 is 4.79 Å². The van der Waals surface area contributed by atoms with Crippen molar-refractivity contribution in [2.45, 2.75) is 39.7 Å². The van der Waals surface area contributed by atoms with Gasteiger partial charge in [0.1, 0.15) is 0 Å². The molecule has 14 heavy (non-hydrogen) atoms. The van der Waals surface area contributed by atoms with Gasteiger partial charge in [-0.15, -0.1) is 0 Å². The van der Waals surface area contributed by atoms with Crippen LogP contribution in [0, 0.1) is 11.8 Å². The number of nitrogens with two attached hydrogens (primary N) is 1. The molecule has 3 nitrogen and oxygen atoms in total. The van der Waals surface area contributed by atoms with Crippen molar-refractivity contribution in [2.75, 3.05) is 13.1 Å². The van der Waals surface area contributed by atoms with Gasteiger partial charge in [0.05, 0.1) is 5.92 Å². The normalized spacial score (nSPS) is 29.3. The smallest absolute Gasteiger partial charge is 0.227 e. The second kappa shape index (κ2) is 4.78. The molecule has 1 saturated heterocycles. The maximum Gasteiger partial charge on any atom is 0.227 e. The molecule has 82 valence electrons. The topological polar surface area (TPSA) is 46.3 Å². The zero-order valence-electron chi connectivity index (χ0n) is 9.49. The first kappa shape index (κ1) is 11.5. The van der Waals surface area contributed by atoms with Crippen molar-refractivity contribution >= 4 is 5.91 Å². The Labute approximate surface area is 86.6 Å². The molecule has 0 spiro atoms. The van der Waals surface area contributed by atoms with Gasteiger partial charge in [-0.25, -0.2) is 0 Å². The summed E-state index contributed by atoms with van der Waals surface area (Å²) < 4.78 is 0. The average Bonchev–Trinajstić information content (AvgIpc) is 2.47. The number of hydrogen-bond donors (Lipinski definition) is 1. The standard InChI is InChI=1S/C11H22N2O/c1-4-10(6-12)11(14)13-7-8(2)5-9(13)3/h8-10H,4-7,12H2,1-3H3. The molecule has 1 heterocycles. The minimum Gasteiger partial charge on any atom is -0.339 e. The number of nitrogens with zero attached hydrogens (tertiary/aromatic N) is 1. The third-order valence-electron chi connectivity index (χ3n) is 3.19. The molecule has 3 heteroatoms. The van der Waals surface area contributed by atoms with Gasteiger partial charge in [0.15, 0.2) is 0 Å². The Kier molecular flexibility index (Phi) is 3.93. The summed E-state index contributed by atoms with van der Waals surface area (Å²) in [6.07, 6.45) is 1.99. The molecule has 3 atom stereocenters. The molecule has 2 N–H and O–H groups in total. The summed E-state index contributed by atoms with van der Waals surface area (Å²) in [6.45, 7) is 7.75. The van der Waals surface area contributed by atoms with E-state index in [1.165, 1.54) is 0 Å². The third-order valence-corrected chi connectivity index (χ3v) is 3.19. The number of likely N-dealkylation sites (tertiary alicyclic amines) is 1. The summed E-state index contributed by atoms with van der Waals surface area (Å²) in [7, 11) is 0. The highest BCUT2D eigenvalue weighted by atomic mass is 16.2. The van der Waals surface area contributed by atoms with Crippen molar-refractivity contribution in [2.24, 2.45) is 17.6 Å². The molecule has 1 aliphatic rings. The molecular formula is C11H22N2O. The van der Waals surface area contributed by atoms with Crippen LogP contribution in [-0.2, 0) is 4.79 Å². The number of carbonyl (C=O) groups is 1. The molecule has 0 saturated carbocycles. The van der Waals surface area contributed by atoms with Crippen LogP contribution in [0.5, 0.6) is 0 Å². The van der Waals surface area contributed by atoms with Gasteiger partial charge in [-0.05, 0) is 25.7 Å². The van der Waals surface area contributed by atoms with Crippen LogP contribution in [0.15, 0.2) is 0 Å². The van der Waals surface area contributed by atoms with Crippen LogP contribution >= 0.6 is 0 Å². The highest BCUT2D eigenvalue weighted by molar-refractivity contribution is 5.79. The van der Waals surface area contributed by atoms with Gasteiger partial charge in [0, 0.05) is 19.1 Å². The van der Waals surface area contributed by atoms with Crippen molar-refractivity contribution in [3.8, 4) is 0 Å². The summed E-state index contributed by atoms with van der Waals surface area (Å²) in [6, 6.07) is 0.401. The van der Waals surface area contributed by atoms with E-state index >= 15 is 0 Å². The molecule has 0 aliphatic carbocycles. The Morgan fingerprint density at radius 2 is 2.21 bits per heavy atom. The molecule has 3 unspecified atom stereocenters. The fraction of sp³-hybridized carbons (Fsp3) is 0.909. The second-order valence-corrected chi connectivity index (χ2v) is 4.52. The first-order valence-corrected chi connectivity index (χ1v) is 5.60. The highest BCUT2D eigenvalue weighted by Crippen LogP contribution is 2.24. The lowest BCUT2D eigenvalue weighted by atomic mass is 10.1. The SMILES string of the molecule is CCC(CN)C(=O)N1CC(C)CC1C. The quantitative estimate of drug-likeness (QED) is 0.741. The Hall–Kier alpha value is -0.570. The molecular weight excluding hydrogens is 176 g/mol. The minimum absolute atomic E-state index is 0.0303. The van der Waals surface area contributed by atoms with Crippen molar-refractivity contribution in [1.82, 2.24) is 4.90 Å². The van der Waals surface area contributed by atoms with Crippen LogP contribution in [0.25, 0.3) is 0 Å². The summed E-state index contributed by atoms with van der Waals surface area (Å²) in [5, 5.41) is 0. The first-order valence-electron chi connectivity index (χ1n) is 5.60. The predicted octanol–water partition coefficient (Wildman–Crippen LogP) is 1.23. The molecule has 0 bridgehead atoms. The van der Waals surface area contributed by atoms with Crippen LogP contribution < -0.4 is 5.73 Å². The van der Waals surface area contributed by atoms with E-state index in [9.17, 15) is 4.79 Å². The van der Waals surface area contributed by atoms with Crippen LogP contribution in [0.2, 0.25) is 0 Å². The van der Waals surface area contributed by atoms with Crippen LogP contribution in [0.1, 0.15) is 33.6 Å². The predicted molar refractivity (Wildman–Crippen MR) is 57.8 cm³/mol. The summed E-state index contributed by atoms with van der Waals surface area (Å²) >= 11 is 0. The average molecular weight is 198 g/mol. The number of hydrogen-bond acceptors (Lipinski definition) is 2. The Morgan fingerprint density at radius 3 is 2.57 bits per heavy atom. The van der Waals surface area contributed by atoms with Gasteiger partial charge >= 0.3 is 0 Å². The molecule has 1 aliphatic heterocycles. The van der Waals surface area contributed by atoms with Crippen molar-refractivity contribution in [3.05, 3.63) is 0 Å². The van der Waals surface area contributed by atoms with E-state index in [4.69, 9.17) is 5.73 Å². The first-order chi connectivity index (χ1) is 6.60. The van der Waals surface area contributed by atoms with E-state index in [1.807, 2.05) is 11.8 Å². The van der Waals surface area contributed by atoms with Crippen molar-refractivity contribution in [3.63, 3.8) is 0 Å². The fourth-order valence-electron chi connectivity index (χ4n) is 2.28. The zero-order chi connectivity index (χ0) is 10.7. The summed E-state index contributed by atoms with van der Waals surface area (Å²) in [5.41, 5.74) is 5.58. The van der Waals surface area contributed by atoms with E-state index in [1.54, 1.807) is 0 Å². The summed E-state index contributed by atoms with van der Waals surface area (Å²) in [5.74, 6) is 0.929. The van der Waals surface area contributed by atoms with E-state index in [0.717, 1.165) is 19.4 Å². The maximum atomic E-state index is 12.0. The number of carbonyl (C=O) groups excluding carboxylic acids is 1. The largest absolute Gasteiger partial charge is 0.339 e. The van der Waals surface area contributed by atoms with Crippen LogP contribution in [-0.4, -0.2) is 29.9 Å². The molecule has 1 amide bonds. The molecule has 0 aromatic heterocycles. The Morgan fingerprint density at radius 1 is 1.57 bits per heavy atom.